The van der Waals surface area contributed by atoms with Crippen molar-refractivity contribution in [3.8, 4) is 0 Å². The minimum atomic E-state index is -0.0842. The molecule has 0 atom stereocenters. The molecule has 1 saturated heterocycles. The molecule has 0 aliphatic carbocycles. The molecule has 6 heteroatoms. The van der Waals surface area contributed by atoms with Crippen LogP contribution in [0.3, 0.4) is 0 Å². The highest BCUT2D eigenvalue weighted by Crippen LogP contribution is 2.19. The maximum atomic E-state index is 11.9. The van der Waals surface area contributed by atoms with Crippen LogP contribution in [0.25, 0.3) is 10.9 Å². The van der Waals surface area contributed by atoms with Crippen molar-refractivity contribution in [3.63, 3.8) is 0 Å². The van der Waals surface area contributed by atoms with E-state index in [1.165, 1.54) is 6.20 Å². The van der Waals surface area contributed by atoms with E-state index in [1.807, 2.05) is 35.9 Å². The molecule has 0 bridgehead atoms. The van der Waals surface area contributed by atoms with Crippen molar-refractivity contribution in [1.82, 2.24) is 14.7 Å². The number of fused-ring (bicyclic) bond motifs is 1. The smallest absolute Gasteiger partial charge is 0.309 e. The van der Waals surface area contributed by atoms with Gasteiger partial charge in [-0.1, -0.05) is 12.1 Å². The van der Waals surface area contributed by atoms with Gasteiger partial charge in [0.05, 0.1) is 30.9 Å². The summed E-state index contributed by atoms with van der Waals surface area (Å²) in [6, 6.07) is 7.50. The Kier molecular flexibility index (Phi) is 4.71. The number of rotatable bonds is 4. The van der Waals surface area contributed by atoms with E-state index >= 15 is 0 Å². The van der Waals surface area contributed by atoms with E-state index < -0.39 is 0 Å². The molecule has 23 heavy (non-hydrogen) atoms. The monoisotopic (exact) mass is 315 g/mol. The third kappa shape index (κ3) is 3.42. The minimum Gasteiger partial charge on any atom is -0.466 e. The maximum absolute atomic E-state index is 11.9. The Morgan fingerprint density at radius 1 is 1.30 bits per heavy atom. The van der Waals surface area contributed by atoms with E-state index in [0.717, 1.165) is 31.4 Å². The van der Waals surface area contributed by atoms with Gasteiger partial charge in [-0.25, -0.2) is 0 Å². The van der Waals surface area contributed by atoms with Crippen LogP contribution >= 0.6 is 0 Å². The van der Waals surface area contributed by atoms with E-state index in [0.29, 0.717) is 18.7 Å². The predicted octanol–water partition coefficient (Wildman–Crippen LogP) is 1.63. The van der Waals surface area contributed by atoms with Crippen LogP contribution in [0.1, 0.15) is 19.8 Å². The quantitative estimate of drug-likeness (QED) is 0.802. The lowest BCUT2D eigenvalue weighted by Crippen LogP contribution is -2.38. The van der Waals surface area contributed by atoms with Crippen LogP contribution in [0.2, 0.25) is 0 Å². The number of aromatic nitrogens is 2. The van der Waals surface area contributed by atoms with Gasteiger partial charge in [-0.3, -0.25) is 19.2 Å². The van der Waals surface area contributed by atoms with Gasteiger partial charge < -0.3 is 4.74 Å². The van der Waals surface area contributed by atoms with Gasteiger partial charge in [0.15, 0.2) is 0 Å². The number of carbonyl (C=O) groups is 1. The van der Waals surface area contributed by atoms with Gasteiger partial charge in [0.2, 0.25) is 5.43 Å². The molecule has 3 rings (SSSR count). The van der Waals surface area contributed by atoms with Gasteiger partial charge >= 0.3 is 5.97 Å². The van der Waals surface area contributed by atoms with Gasteiger partial charge in [0.25, 0.3) is 0 Å². The summed E-state index contributed by atoms with van der Waals surface area (Å²) in [6.07, 6.45) is 2.97. The SMILES string of the molecule is CCOC(=O)C1CCN(Cn2ncc(=O)c3ccccc32)CC1. The number of hydrogen-bond acceptors (Lipinski definition) is 5. The highest BCUT2D eigenvalue weighted by atomic mass is 16.5. The molecule has 1 aliphatic rings. The van der Waals surface area contributed by atoms with Crippen LogP contribution in [0.15, 0.2) is 35.3 Å². The Morgan fingerprint density at radius 3 is 2.78 bits per heavy atom. The first-order valence-electron chi connectivity index (χ1n) is 8.03. The van der Waals surface area contributed by atoms with Crippen LogP contribution < -0.4 is 5.43 Å². The zero-order chi connectivity index (χ0) is 16.2. The number of benzene rings is 1. The molecule has 1 aromatic heterocycles. The van der Waals surface area contributed by atoms with Crippen molar-refractivity contribution in [2.45, 2.75) is 26.4 Å². The fraction of sp³-hybridized carbons (Fsp3) is 0.471. The third-order valence-electron chi connectivity index (χ3n) is 4.30. The summed E-state index contributed by atoms with van der Waals surface area (Å²) in [5, 5.41) is 4.94. The predicted molar refractivity (Wildman–Crippen MR) is 86.9 cm³/mol. The molecule has 1 aromatic carbocycles. The molecular formula is C17H21N3O3. The normalized spacial score (nSPS) is 16.6. The van der Waals surface area contributed by atoms with Crippen molar-refractivity contribution in [3.05, 3.63) is 40.7 Å². The van der Waals surface area contributed by atoms with Crippen LogP contribution in [0.5, 0.6) is 0 Å². The number of piperidine rings is 1. The largest absolute Gasteiger partial charge is 0.466 e. The van der Waals surface area contributed by atoms with Crippen molar-refractivity contribution in [2.24, 2.45) is 5.92 Å². The van der Waals surface area contributed by atoms with Crippen molar-refractivity contribution < 1.29 is 9.53 Å². The summed E-state index contributed by atoms with van der Waals surface area (Å²) >= 11 is 0. The second-order valence-electron chi connectivity index (χ2n) is 5.81. The van der Waals surface area contributed by atoms with E-state index in [4.69, 9.17) is 4.74 Å². The number of carbonyl (C=O) groups excluding carboxylic acids is 1. The average Bonchev–Trinajstić information content (AvgIpc) is 2.58. The van der Waals surface area contributed by atoms with Gasteiger partial charge in [-0.05, 0) is 31.9 Å². The lowest BCUT2D eigenvalue weighted by Gasteiger charge is -2.31. The van der Waals surface area contributed by atoms with Gasteiger partial charge in [-0.2, -0.15) is 5.10 Å². The van der Waals surface area contributed by atoms with Gasteiger partial charge in [-0.15, -0.1) is 0 Å². The first-order chi connectivity index (χ1) is 11.2. The standard InChI is InChI=1S/C17H21N3O3/c1-2-23-17(22)13-7-9-19(10-8-13)12-20-15-6-4-3-5-14(15)16(21)11-18-20/h3-6,11,13H,2,7-10,12H2,1H3. The molecule has 0 spiro atoms. The van der Waals surface area contributed by atoms with Gasteiger partial charge in [0, 0.05) is 18.5 Å². The molecule has 122 valence electrons. The molecule has 1 aliphatic heterocycles. The van der Waals surface area contributed by atoms with Crippen LogP contribution in [0, 0.1) is 5.92 Å². The summed E-state index contributed by atoms with van der Waals surface area (Å²) < 4.78 is 6.94. The fourth-order valence-corrected chi connectivity index (χ4v) is 3.03. The van der Waals surface area contributed by atoms with Gasteiger partial charge in [0.1, 0.15) is 0 Å². The van der Waals surface area contributed by atoms with Crippen LogP contribution in [-0.2, 0) is 16.2 Å². The molecule has 2 heterocycles. The number of esters is 1. The molecule has 0 radical (unpaired) electrons. The number of likely N-dealkylation sites (tertiary alicyclic amines) is 1. The number of nitrogens with zero attached hydrogens (tertiary/aromatic N) is 3. The zero-order valence-corrected chi connectivity index (χ0v) is 13.3. The molecular weight excluding hydrogens is 294 g/mol. The molecule has 0 saturated carbocycles. The summed E-state index contributed by atoms with van der Waals surface area (Å²) in [5.41, 5.74) is 0.783. The molecule has 1 fully saturated rings. The topological polar surface area (TPSA) is 64.4 Å². The summed E-state index contributed by atoms with van der Waals surface area (Å²) in [6.45, 7) is 4.54. The zero-order valence-electron chi connectivity index (χ0n) is 13.3. The second-order valence-corrected chi connectivity index (χ2v) is 5.81. The second kappa shape index (κ2) is 6.91. The summed E-state index contributed by atoms with van der Waals surface area (Å²) in [4.78, 5) is 25.9. The Bertz CT molecular complexity index is 748. The van der Waals surface area contributed by atoms with Crippen molar-refractivity contribution in [1.29, 1.82) is 0 Å². The molecule has 2 aromatic rings. The molecule has 0 N–H and O–H groups in total. The van der Waals surface area contributed by atoms with E-state index in [1.54, 1.807) is 0 Å². The minimum absolute atomic E-state index is 0.00456. The molecule has 0 unspecified atom stereocenters. The number of ether oxygens (including phenoxy) is 1. The Morgan fingerprint density at radius 2 is 2.04 bits per heavy atom. The fourth-order valence-electron chi connectivity index (χ4n) is 3.03. The molecule has 6 nitrogen and oxygen atoms in total. The highest BCUT2D eigenvalue weighted by molar-refractivity contribution is 5.77. The average molecular weight is 315 g/mol. The summed E-state index contributed by atoms with van der Waals surface area (Å²) in [7, 11) is 0. The first-order valence-corrected chi connectivity index (χ1v) is 8.03. The van der Waals surface area contributed by atoms with Crippen molar-refractivity contribution >= 4 is 16.9 Å². The van der Waals surface area contributed by atoms with Crippen LogP contribution in [0.4, 0.5) is 0 Å². The third-order valence-corrected chi connectivity index (χ3v) is 4.30. The lowest BCUT2D eigenvalue weighted by atomic mass is 9.97. The van der Waals surface area contributed by atoms with E-state index in [2.05, 4.69) is 10.00 Å². The molecule has 0 amide bonds. The Hall–Kier alpha value is -2.21. The highest BCUT2D eigenvalue weighted by Gasteiger charge is 2.26. The summed E-state index contributed by atoms with van der Waals surface area (Å²) in [5.74, 6) is -0.0796. The number of hydrogen-bond donors (Lipinski definition) is 0. The maximum Gasteiger partial charge on any atom is 0.309 e. The Balaban J connectivity index is 1.69. The van der Waals surface area contributed by atoms with E-state index in [9.17, 15) is 9.59 Å². The Labute approximate surface area is 134 Å². The van der Waals surface area contributed by atoms with Crippen LogP contribution in [-0.4, -0.2) is 40.3 Å². The lowest BCUT2D eigenvalue weighted by molar-refractivity contribution is -0.149. The number of para-hydroxylation sites is 1. The first kappa shape index (κ1) is 15.7. The van der Waals surface area contributed by atoms with E-state index in [-0.39, 0.29) is 17.3 Å². The van der Waals surface area contributed by atoms with Crippen molar-refractivity contribution in [2.75, 3.05) is 19.7 Å².